The number of fused-ring (bicyclic) bond motifs is 3. The molecule has 1 aromatic carbocycles. The molecule has 0 radical (unpaired) electrons. The standard InChI is InChI=1S/C18H20N4O4S/c1-10(23)19-8-12-9-22(18(24)26-12)11-3-4-13-15(7-11)25-6-5-14-16(13)20-21-17(14)27-2/h3-4,7,12H,5-6,8-9H2,1-2H3,(H,19,23)(H,20,21)/t12-/m0/s1. The first kappa shape index (κ1) is 17.7. The van der Waals surface area contributed by atoms with E-state index in [9.17, 15) is 9.59 Å². The molecule has 27 heavy (non-hydrogen) atoms. The van der Waals surface area contributed by atoms with Crippen molar-refractivity contribution in [1.29, 1.82) is 0 Å². The number of hydrogen-bond acceptors (Lipinski definition) is 6. The van der Waals surface area contributed by atoms with Crippen LogP contribution in [0.2, 0.25) is 0 Å². The van der Waals surface area contributed by atoms with Gasteiger partial charge in [0.15, 0.2) is 0 Å². The average molecular weight is 388 g/mol. The topological polar surface area (TPSA) is 96.6 Å². The van der Waals surface area contributed by atoms with Crippen LogP contribution in [0.5, 0.6) is 5.75 Å². The van der Waals surface area contributed by atoms with Crippen LogP contribution in [-0.2, 0) is 16.0 Å². The summed E-state index contributed by atoms with van der Waals surface area (Å²) in [6, 6.07) is 5.66. The molecular weight excluding hydrogens is 368 g/mol. The van der Waals surface area contributed by atoms with Gasteiger partial charge >= 0.3 is 6.09 Å². The first-order chi connectivity index (χ1) is 13.1. The van der Waals surface area contributed by atoms with E-state index in [2.05, 4.69) is 15.5 Å². The van der Waals surface area contributed by atoms with E-state index in [-0.39, 0.29) is 12.0 Å². The van der Waals surface area contributed by atoms with Crippen molar-refractivity contribution in [3.05, 3.63) is 23.8 Å². The van der Waals surface area contributed by atoms with Crippen molar-refractivity contribution in [1.82, 2.24) is 15.5 Å². The van der Waals surface area contributed by atoms with Crippen molar-refractivity contribution in [2.45, 2.75) is 24.5 Å². The fourth-order valence-electron chi connectivity index (χ4n) is 3.34. The van der Waals surface area contributed by atoms with Crippen LogP contribution < -0.4 is 15.0 Å². The Morgan fingerprint density at radius 3 is 3.11 bits per heavy atom. The lowest BCUT2D eigenvalue weighted by atomic mass is 10.1. The molecule has 0 spiro atoms. The molecule has 2 amide bonds. The molecule has 2 N–H and O–H groups in total. The largest absolute Gasteiger partial charge is 0.492 e. The number of cyclic esters (lactones) is 1. The lowest BCUT2D eigenvalue weighted by Crippen LogP contribution is -2.33. The minimum atomic E-state index is -0.425. The number of nitrogens with zero attached hydrogens (tertiary/aromatic N) is 2. The zero-order chi connectivity index (χ0) is 19.0. The predicted octanol–water partition coefficient (Wildman–Crippen LogP) is 2.19. The van der Waals surface area contributed by atoms with Crippen LogP contribution >= 0.6 is 11.8 Å². The van der Waals surface area contributed by atoms with Gasteiger partial charge in [0.1, 0.15) is 16.9 Å². The maximum Gasteiger partial charge on any atom is 0.414 e. The van der Waals surface area contributed by atoms with Gasteiger partial charge in [-0.2, -0.15) is 5.10 Å². The van der Waals surface area contributed by atoms with Crippen LogP contribution in [0.4, 0.5) is 10.5 Å². The molecule has 1 saturated heterocycles. The van der Waals surface area contributed by atoms with Gasteiger partial charge in [0.25, 0.3) is 0 Å². The number of carbonyl (C=O) groups is 2. The van der Waals surface area contributed by atoms with E-state index < -0.39 is 6.09 Å². The molecule has 8 nitrogen and oxygen atoms in total. The molecule has 9 heteroatoms. The van der Waals surface area contributed by atoms with Gasteiger partial charge in [0.05, 0.1) is 31.1 Å². The Morgan fingerprint density at radius 1 is 1.48 bits per heavy atom. The zero-order valence-electron chi connectivity index (χ0n) is 15.1. The number of ether oxygens (including phenoxy) is 2. The summed E-state index contributed by atoms with van der Waals surface area (Å²) in [5, 5.41) is 11.1. The normalized spacial score (nSPS) is 18.2. The number of carbonyl (C=O) groups excluding carboxylic acids is 2. The molecule has 2 aliphatic rings. The van der Waals surface area contributed by atoms with Gasteiger partial charge in [0, 0.05) is 30.5 Å². The van der Waals surface area contributed by atoms with Crippen molar-refractivity contribution in [2.75, 3.05) is 30.9 Å². The third-order valence-corrected chi connectivity index (χ3v) is 5.36. The van der Waals surface area contributed by atoms with Crippen LogP contribution in [-0.4, -0.2) is 54.3 Å². The van der Waals surface area contributed by atoms with Crippen LogP contribution in [0.25, 0.3) is 11.3 Å². The van der Waals surface area contributed by atoms with E-state index >= 15 is 0 Å². The Morgan fingerprint density at radius 2 is 2.33 bits per heavy atom. The molecule has 2 aromatic rings. The molecule has 0 aliphatic carbocycles. The number of H-pyrrole nitrogens is 1. The zero-order valence-corrected chi connectivity index (χ0v) is 15.9. The number of hydrogen-bond donors (Lipinski definition) is 2. The quantitative estimate of drug-likeness (QED) is 0.780. The Kier molecular flexibility index (Phi) is 4.69. The minimum absolute atomic E-state index is 0.150. The van der Waals surface area contributed by atoms with Crippen LogP contribution in [0.15, 0.2) is 23.2 Å². The van der Waals surface area contributed by atoms with Crippen LogP contribution in [0.3, 0.4) is 0 Å². The summed E-state index contributed by atoms with van der Waals surface area (Å²) >= 11 is 1.61. The van der Waals surface area contributed by atoms with E-state index in [4.69, 9.17) is 9.47 Å². The molecule has 0 unspecified atom stereocenters. The lowest BCUT2D eigenvalue weighted by molar-refractivity contribution is -0.119. The lowest BCUT2D eigenvalue weighted by Gasteiger charge is -2.16. The molecule has 4 rings (SSSR count). The third-order valence-electron chi connectivity index (χ3n) is 4.63. The highest BCUT2D eigenvalue weighted by Crippen LogP contribution is 2.39. The Balaban J connectivity index is 1.59. The molecule has 1 atom stereocenters. The van der Waals surface area contributed by atoms with Gasteiger partial charge in [0.2, 0.25) is 5.91 Å². The van der Waals surface area contributed by atoms with Gasteiger partial charge in [-0.05, 0) is 18.4 Å². The molecular formula is C18H20N4O4S. The Labute approximate surface area is 160 Å². The van der Waals surface area contributed by atoms with Gasteiger partial charge in [-0.3, -0.25) is 14.8 Å². The Bertz CT molecular complexity index is 897. The highest BCUT2D eigenvalue weighted by atomic mass is 32.2. The highest BCUT2D eigenvalue weighted by molar-refractivity contribution is 7.98. The number of aromatic nitrogens is 2. The highest BCUT2D eigenvalue weighted by Gasteiger charge is 2.33. The van der Waals surface area contributed by atoms with Crippen LogP contribution in [0.1, 0.15) is 12.5 Å². The van der Waals surface area contributed by atoms with Crippen molar-refractivity contribution in [2.24, 2.45) is 0 Å². The summed E-state index contributed by atoms with van der Waals surface area (Å²) in [4.78, 5) is 24.9. The second-order valence-corrected chi connectivity index (χ2v) is 7.21. The summed E-state index contributed by atoms with van der Waals surface area (Å²) in [6.07, 6.45) is 1.98. The van der Waals surface area contributed by atoms with E-state index in [1.165, 1.54) is 6.92 Å². The summed E-state index contributed by atoms with van der Waals surface area (Å²) in [5.41, 5.74) is 3.76. The minimum Gasteiger partial charge on any atom is -0.492 e. The number of nitrogens with one attached hydrogen (secondary N) is 2. The molecule has 2 aliphatic heterocycles. The average Bonchev–Trinajstić information content (AvgIpc) is 3.18. The molecule has 0 saturated carbocycles. The first-order valence-corrected chi connectivity index (χ1v) is 9.90. The first-order valence-electron chi connectivity index (χ1n) is 8.68. The van der Waals surface area contributed by atoms with E-state index in [1.54, 1.807) is 16.7 Å². The maximum absolute atomic E-state index is 12.2. The summed E-state index contributed by atoms with van der Waals surface area (Å²) in [7, 11) is 0. The van der Waals surface area contributed by atoms with E-state index in [0.717, 1.165) is 28.3 Å². The SMILES string of the molecule is CSc1n[nH]c2c1CCOc1cc(N3C[C@H](CNC(C)=O)OC3=O)ccc1-2. The summed E-state index contributed by atoms with van der Waals surface area (Å²) in [6.45, 7) is 2.66. The molecule has 0 bridgehead atoms. The van der Waals surface area contributed by atoms with Gasteiger partial charge < -0.3 is 14.8 Å². The predicted molar refractivity (Wildman–Crippen MR) is 101 cm³/mol. The van der Waals surface area contributed by atoms with Crippen molar-refractivity contribution in [3.8, 4) is 17.0 Å². The summed E-state index contributed by atoms with van der Waals surface area (Å²) < 4.78 is 11.3. The number of anilines is 1. The number of aromatic amines is 1. The van der Waals surface area contributed by atoms with Gasteiger partial charge in [-0.1, -0.05) is 0 Å². The number of amides is 2. The molecule has 1 aromatic heterocycles. The fourth-order valence-corrected chi connectivity index (χ4v) is 3.92. The molecule has 1 fully saturated rings. The van der Waals surface area contributed by atoms with E-state index in [0.29, 0.717) is 31.1 Å². The summed E-state index contributed by atoms with van der Waals surface area (Å²) in [5.74, 6) is 0.559. The number of thioether (sulfide) groups is 1. The van der Waals surface area contributed by atoms with Crippen molar-refractivity contribution in [3.63, 3.8) is 0 Å². The fraction of sp³-hybridized carbons (Fsp3) is 0.389. The second kappa shape index (κ2) is 7.15. The van der Waals surface area contributed by atoms with E-state index in [1.807, 2.05) is 24.5 Å². The molecule has 3 heterocycles. The maximum atomic E-state index is 12.2. The second-order valence-electron chi connectivity index (χ2n) is 6.42. The monoisotopic (exact) mass is 388 g/mol. The Hall–Kier alpha value is -2.68. The van der Waals surface area contributed by atoms with Gasteiger partial charge in [-0.25, -0.2) is 4.79 Å². The third kappa shape index (κ3) is 3.34. The van der Waals surface area contributed by atoms with Gasteiger partial charge in [-0.15, -0.1) is 11.8 Å². The molecule has 142 valence electrons. The number of benzene rings is 1. The van der Waals surface area contributed by atoms with Crippen LogP contribution in [0, 0.1) is 0 Å². The smallest absolute Gasteiger partial charge is 0.414 e. The van der Waals surface area contributed by atoms with Crippen molar-refractivity contribution >= 4 is 29.4 Å². The van der Waals surface area contributed by atoms with Crippen molar-refractivity contribution < 1.29 is 19.1 Å². The number of rotatable bonds is 4.